The van der Waals surface area contributed by atoms with E-state index < -0.39 is 5.54 Å². The Labute approximate surface area is 132 Å². The van der Waals surface area contributed by atoms with Crippen LogP contribution in [0.2, 0.25) is 0 Å². The van der Waals surface area contributed by atoms with Crippen molar-refractivity contribution in [2.45, 2.75) is 25.3 Å². The van der Waals surface area contributed by atoms with E-state index in [1.807, 2.05) is 24.3 Å². The lowest BCUT2D eigenvalue weighted by molar-refractivity contribution is -0.139. The topological polar surface area (TPSA) is 89.4 Å². The normalized spacial score (nSPS) is 19.1. The summed E-state index contributed by atoms with van der Waals surface area (Å²) in [5, 5.41) is 0. The molecule has 0 bridgehead atoms. The molecule has 1 atom stereocenters. The number of carbonyl (C=O) groups excluding carboxylic acids is 2. The lowest BCUT2D eigenvalue weighted by atomic mass is 9.89. The number of amides is 2. The van der Waals surface area contributed by atoms with Crippen molar-refractivity contribution in [1.82, 2.24) is 4.90 Å². The molecule has 1 unspecified atom stereocenters. The first-order chi connectivity index (χ1) is 9.82. The average molecular weight is 354 g/mol. The van der Waals surface area contributed by atoms with Crippen LogP contribution in [0.4, 0.5) is 0 Å². The molecule has 1 aliphatic rings. The van der Waals surface area contributed by atoms with Gasteiger partial charge < -0.3 is 16.4 Å². The van der Waals surface area contributed by atoms with Crippen molar-refractivity contribution in [3.8, 4) is 0 Å². The molecule has 0 spiro atoms. The zero-order valence-corrected chi connectivity index (χ0v) is 13.6. The van der Waals surface area contributed by atoms with Gasteiger partial charge in [0.15, 0.2) is 0 Å². The summed E-state index contributed by atoms with van der Waals surface area (Å²) < 4.78 is 0.941. The van der Waals surface area contributed by atoms with Gasteiger partial charge in [-0.3, -0.25) is 9.59 Å². The number of likely N-dealkylation sites (tertiary alicyclic amines) is 1. The summed E-state index contributed by atoms with van der Waals surface area (Å²) in [5.74, 6) is -0.538. The van der Waals surface area contributed by atoms with Gasteiger partial charge in [-0.15, -0.1) is 0 Å². The SMILES string of the molecule is CC(N)(C(=O)N1CCC(C(N)=O)CC1)c1ccc(Br)cc1. The molecule has 6 heteroatoms. The molecule has 4 N–H and O–H groups in total. The van der Waals surface area contributed by atoms with Gasteiger partial charge in [0.05, 0.1) is 0 Å². The smallest absolute Gasteiger partial charge is 0.246 e. The van der Waals surface area contributed by atoms with Crippen LogP contribution in [0.5, 0.6) is 0 Å². The molecule has 2 amide bonds. The second kappa shape index (κ2) is 6.15. The van der Waals surface area contributed by atoms with Gasteiger partial charge >= 0.3 is 0 Å². The van der Waals surface area contributed by atoms with E-state index in [4.69, 9.17) is 11.5 Å². The van der Waals surface area contributed by atoms with E-state index in [0.29, 0.717) is 25.9 Å². The maximum Gasteiger partial charge on any atom is 0.246 e. The third kappa shape index (κ3) is 3.44. The quantitative estimate of drug-likeness (QED) is 0.859. The number of benzene rings is 1. The minimum Gasteiger partial charge on any atom is -0.369 e. The number of rotatable bonds is 3. The van der Waals surface area contributed by atoms with Crippen LogP contribution in [0.15, 0.2) is 28.7 Å². The van der Waals surface area contributed by atoms with Gasteiger partial charge in [0, 0.05) is 23.5 Å². The Balaban J connectivity index is 2.09. The van der Waals surface area contributed by atoms with Gasteiger partial charge in [-0.05, 0) is 37.5 Å². The van der Waals surface area contributed by atoms with Crippen molar-refractivity contribution in [2.75, 3.05) is 13.1 Å². The van der Waals surface area contributed by atoms with Gasteiger partial charge in [-0.25, -0.2) is 0 Å². The Morgan fingerprint density at radius 3 is 2.24 bits per heavy atom. The Morgan fingerprint density at radius 1 is 1.24 bits per heavy atom. The van der Waals surface area contributed by atoms with Gasteiger partial charge in [0.1, 0.15) is 5.54 Å². The second-order valence-electron chi connectivity index (χ2n) is 5.68. The number of primary amides is 1. The molecule has 114 valence electrons. The number of hydrogen-bond acceptors (Lipinski definition) is 3. The lowest BCUT2D eigenvalue weighted by Gasteiger charge is -2.36. The zero-order valence-electron chi connectivity index (χ0n) is 12.0. The molecule has 0 aliphatic carbocycles. The fourth-order valence-electron chi connectivity index (χ4n) is 2.62. The van der Waals surface area contributed by atoms with Crippen molar-refractivity contribution < 1.29 is 9.59 Å². The standard InChI is InChI=1S/C15H20BrN3O2/c1-15(18,11-2-4-12(16)5-3-11)14(21)19-8-6-10(7-9-19)13(17)20/h2-5,10H,6-9,18H2,1H3,(H2,17,20). The maximum absolute atomic E-state index is 12.7. The van der Waals surface area contributed by atoms with E-state index in [9.17, 15) is 9.59 Å². The van der Waals surface area contributed by atoms with E-state index in [1.165, 1.54) is 0 Å². The highest BCUT2D eigenvalue weighted by Gasteiger charge is 2.36. The van der Waals surface area contributed by atoms with Crippen LogP contribution in [0.1, 0.15) is 25.3 Å². The molecule has 21 heavy (non-hydrogen) atoms. The highest BCUT2D eigenvalue weighted by atomic mass is 79.9. The van der Waals surface area contributed by atoms with Crippen LogP contribution in [-0.4, -0.2) is 29.8 Å². The fourth-order valence-corrected chi connectivity index (χ4v) is 2.88. The number of piperidine rings is 1. The third-order valence-electron chi connectivity index (χ3n) is 4.07. The maximum atomic E-state index is 12.7. The summed E-state index contributed by atoms with van der Waals surface area (Å²) in [5.41, 5.74) is 11.3. The van der Waals surface area contributed by atoms with Crippen LogP contribution < -0.4 is 11.5 Å². The minimum absolute atomic E-state index is 0.118. The highest BCUT2D eigenvalue weighted by Crippen LogP contribution is 2.25. The molecule has 5 nitrogen and oxygen atoms in total. The largest absolute Gasteiger partial charge is 0.369 e. The third-order valence-corrected chi connectivity index (χ3v) is 4.60. The molecule has 1 saturated heterocycles. The fraction of sp³-hybridized carbons (Fsp3) is 0.467. The van der Waals surface area contributed by atoms with E-state index in [-0.39, 0.29) is 17.7 Å². The first-order valence-corrected chi connectivity index (χ1v) is 7.75. The molecule has 1 heterocycles. The summed E-state index contributed by atoms with van der Waals surface area (Å²) in [7, 11) is 0. The van der Waals surface area contributed by atoms with E-state index in [1.54, 1.807) is 11.8 Å². The zero-order chi connectivity index (χ0) is 15.6. The van der Waals surface area contributed by atoms with Crippen molar-refractivity contribution in [2.24, 2.45) is 17.4 Å². The number of nitrogens with two attached hydrogens (primary N) is 2. The second-order valence-corrected chi connectivity index (χ2v) is 6.59. The van der Waals surface area contributed by atoms with Crippen molar-refractivity contribution >= 4 is 27.7 Å². The van der Waals surface area contributed by atoms with Crippen LogP contribution >= 0.6 is 15.9 Å². The Kier molecular flexibility index (Phi) is 4.68. The van der Waals surface area contributed by atoms with Gasteiger partial charge in [-0.1, -0.05) is 28.1 Å². The van der Waals surface area contributed by atoms with Crippen molar-refractivity contribution in [3.05, 3.63) is 34.3 Å². The predicted molar refractivity (Wildman–Crippen MR) is 84.2 cm³/mol. The predicted octanol–water partition coefficient (Wildman–Crippen LogP) is 1.35. The molecule has 1 fully saturated rings. The monoisotopic (exact) mass is 353 g/mol. The average Bonchev–Trinajstić information content (AvgIpc) is 2.47. The Morgan fingerprint density at radius 2 is 1.76 bits per heavy atom. The molecule has 2 rings (SSSR count). The first-order valence-electron chi connectivity index (χ1n) is 6.96. The molecule has 1 aromatic rings. The number of nitrogens with zero attached hydrogens (tertiary/aromatic N) is 1. The molecule has 1 aromatic carbocycles. The summed E-state index contributed by atoms with van der Waals surface area (Å²) in [6.07, 6.45) is 1.22. The van der Waals surface area contributed by atoms with Crippen molar-refractivity contribution in [3.63, 3.8) is 0 Å². The van der Waals surface area contributed by atoms with E-state index >= 15 is 0 Å². The molecule has 0 saturated carbocycles. The van der Waals surface area contributed by atoms with Crippen molar-refractivity contribution in [1.29, 1.82) is 0 Å². The highest BCUT2D eigenvalue weighted by molar-refractivity contribution is 9.10. The Bertz CT molecular complexity index is 534. The summed E-state index contributed by atoms with van der Waals surface area (Å²) in [6, 6.07) is 7.43. The molecule has 0 aromatic heterocycles. The molecular formula is C15H20BrN3O2. The van der Waals surface area contributed by atoms with E-state index in [2.05, 4.69) is 15.9 Å². The van der Waals surface area contributed by atoms with Gasteiger partial charge in [0.2, 0.25) is 11.8 Å². The number of carbonyl (C=O) groups is 2. The van der Waals surface area contributed by atoms with Crippen LogP contribution in [0.25, 0.3) is 0 Å². The van der Waals surface area contributed by atoms with E-state index in [0.717, 1.165) is 10.0 Å². The first kappa shape index (κ1) is 16.0. The molecule has 1 aliphatic heterocycles. The number of halogens is 1. The van der Waals surface area contributed by atoms with Gasteiger partial charge in [0.25, 0.3) is 0 Å². The number of hydrogen-bond donors (Lipinski definition) is 2. The molecular weight excluding hydrogens is 334 g/mol. The summed E-state index contributed by atoms with van der Waals surface area (Å²) in [6.45, 7) is 2.77. The lowest BCUT2D eigenvalue weighted by Crippen LogP contribution is -2.53. The van der Waals surface area contributed by atoms with Crippen LogP contribution in [0, 0.1) is 5.92 Å². The van der Waals surface area contributed by atoms with Gasteiger partial charge in [-0.2, -0.15) is 0 Å². The van der Waals surface area contributed by atoms with Crippen LogP contribution in [0.3, 0.4) is 0 Å². The molecule has 0 radical (unpaired) electrons. The Hall–Kier alpha value is -1.40. The summed E-state index contributed by atoms with van der Waals surface area (Å²) >= 11 is 3.37. The van der Waals surface area contributed by atoms with Crippen LogP contribution in [-0.2, 0) is 15.1 Å². The minimum atomic E-state index is -1.07. The summed E-state index contributed by atoms with van der Waals surface area (Å²) in [4.78, 5) is 25.5.